The Bertz CT molecular complexity index is 1280. The largest absolute Gasteiger partial charge is 0.417 e. The van der Waals surface area contributed by atoms with Crippen LogP contribution >= 0.6 is 11.8 Å². The highest BCUT2D eigenvalue weighted by atomic mass is 32.2. The molecule has 0 saturated heterocycles. The fraction of sp³-hybridized carbons (Fsp3) is 0.211. The summed E-state index contributed by atoms with van der Waals surface area (Å²) in [5.41, 5.74) is -4.24. The third-order valence-corrected chi connectivity index (χ3v) is 5.41. The Morgan fingerprint density at radius 3 is 2.53 bits per heavy atom. The first-order chi connectivity index (χ1) is 14.2. The molecule has 156 valence electrons. The van der Waals surface area contributed by atoms with Crippen molar-refractivity contribution in [1.82, 2.24) is 9.97 Å². The molecule has 0 aliphatic rings. The van der Waals surface area contributed by atoms with Gasteiger partial charge in [-0.1, -0.05) is 6.07 Å². The van der Waals surface area contributed by atoms with Gasteiger partial charge < -0.3 is 10.1 Å². The van der Waals surface area contributed by atoms with Gasteiger partial charge >= 0.3 is 11.9 Å². The van der Waals surface area contributed by atoms with Crippen LogP contribution in [0.2, 0.25) is 0 Å². The number of thioether (sulfide) groups is 1. The SMILES string of the molecule is N#Cc1cc(F)ccc1-c1c(C(F)(F)F)cc2c(=O)[nH]c(=O)[nH]c2c1SCCCO. The second kappa shape index (κ2) is 8.33. The van der Waals surface area contributed by atoms with Gasteiger partial charge in [0.15, 0.2) is 0 Å². The lowest BCUT2D eigenvalue weighted by molar-refractivity contribution is -0.137. The van der Waals surface area contributed by atoms with Crippen molar-refractivity contribution in [3.8, 4) is 17.2 Å². The second-order valence-corrected chi connectivity index (χ2v) is 7.29. The number of aliphatic hydroxyl groups excluding tert-OH is 1. The molecular weight excluding hydrogens is 426 g/mol. The topological polar surface area (TPSA) is 110 Å². The van der Waals surface area contributed by atoms with Crippen LogP contribution in [-0.4, -0.2) is 27.4 Å². The quantitative estimate of drug-likeness (QED) is 0.321. The lowest BCUT2D eigenvalue weighted by Gasteiger charge is -2.20. The van der Waals surface area contributed by atoms with Crippen molar-refractivity contribution in [2.75, 3.05) is 12.4 Å². The van der Waals surface area contributed by atoms with Crippen molar-refractivity contribution >= 4 is 22.7 Å². The number of aromatic nitrogens is 2. The number of nitrogens with one attached hydrogen (secondary N) is 2. The first-order valence-corrected chi connectivity index (χ1v) is 9.50. The Balaban J connectivity index is 2.52. The van der Waals surface area contributed by atoms with Gasteiger partial charge in [0.2, 0.25) is 0 Å². The molecule has 0 atom stereocenters. The third kappa shape index (κ3) is 4.10. The number of nitrogens with zero attached hydrogens (tertiary/aromatic N) is 1. The molecule has 0 spiro atoms. The summed E-state index contributed by atoms with van der Waals surface area (Å²) in [6.45, 7) is -0.226. The molecule has 3 aromatic rings. The summed E-state index contributed by atoms with van der Waals surface area (Å²) in [5.74, 6) is -0.637. The number of hydrogen-bond acceptors (Lipinski definition) is 5. The highest BCUT2D eigenvalue weighted by Gasteiger charge is 2.37. The van der Waals surface area contributed by atoms with E-state index >= 15 is 0 Å². The maximum absolute atomic E-state index is 14.0. The maximum atomic E-state index is 14.0. The van der Waals surface area contributed by atoms with Crippen molar-refractivity contribution < 1.29 is 22.7 Å². The van der Waals surface area contributed by atoms with Gasteiger partial charge in [-0.3, -0.25) is 9.78 Å². The smallest absolute Gasteiger partial charge is 0.396 e. The monoisotopic (exact) mass is 439 g/mol. The summed E-state index contributed by atoms with van der Waals surface area (Å²) in [5, 5.41) is 18.0. The minimum atomic E-state index is -4.92. The van der Waals surface area contributed by atoms with Gasteiger partial charge in [0, 0.05) is 28.4 Å². The number of alkyl halides is 3. The molecular formula is C19H13F4N3O3S. The average molecular weight is 439 g/mol. The fourth-order valence-electron chi connectivity index (χ4n) is 2.98. The van der Waals surface area contributed by atoms with Gasteiger partial charge in [0.1, 0.15) is 5.82 Å². The number of aromatic amines is 2. The first kappa shape index (κ1) is 21.6. The zero-order chi connectivity index (χ0) is 22.1. The number of halogens is 4. The van der Waals surface area contributed by atoms with Gasteiger partial charge in [-0.15, -0.1) is 11.8 Å². The molecule has 0 radical (unpaired) electrons. The van der Waals surface area contributed by atoms with Crippen molar-refractivity contribution in [1.29, 1.82) is 5.26 Å². The molecule has 0 amide bonds. The number of H-pyrrole nitrogens is 2. The Kier molecular flexibility index (Phi) is 6.00. The van der Waals surface area contributed by atoms with Crippen LogP contribution in [-0.2, 0) is 6.18 Å². The minimum Gasteiger partial charge on any atom is -0.396 e. The predicted molar refractivity (Wildman–Crippen MR) is 103 cm³/mol. The molecule has 30 heavy (non-hydrogen) atoms. The molecule has 0 unspecified atom stereocenters. The second-order valence-electron chi connectivity index (χ2n) is 6.18. The molecule has 6 nitrogen and oxygen atoms in total. The zero-order valence-corrected chi connectivity index (χ0v) is 15.9. The van der Waals surface area contributed by atoms with E-state index in [1.165, 1.54) is 0 Å². The van der Waals surface area contributed by atoms with E-state index in [1.807, 2.05) is 4.98 Å². The maximum Gasteiger partial charge on any atom is 0.417 e. The molecule has 3 N–H and O–H groups in total. The van der Waals surface area contributed by atoms with Crippen LogP contribution in [0.5, 0.6) is 0 Å². The Labute approximate surface area is 170 Å². The van der Waals surface area contributed by atoms with Gasteiger partial charge in [-0.05, 0) is 24.6 Å². The van der Waals surface area contributed by atoms with Crippen LogP contribution in [0.3, 0.4) is 0 Å². The minimum absolute atomic E-state index is 0.0976. The van der Waals surface area contributed by atoms with E-state index in [1.54, 1.807) is 6.07 Å². The molecule has 11 heteroatoms. The van der Waals surface area contributed by atoms with Crippen molar-refractivity contribution in [3.05, 3.63) is 62.0 Å². The van der Waals surface area contributed by atoms with E-state index in [0.29, 0.717) is 6.07 Å². The van der Waals surface area contributed by atoms with Crippen LogP contribution < -0.4 is 11.2 Å². The van der Waals surface area contributed by atoms with Gasteiger partial charge in [0.05, 0.1) is 28.1 Å². The molecule has 0 saturated carbocycles. The van der Waals surface area contributed by atoms with Crippen LogP contribution in [0.15, 0.2) is 38.8 Å². The van der Waals surface area contributed by atoms with E-state index in [9.17, 15) is 32.4 Å². The van der Waals surface area contributed by atoms with Crippen LogP contribution in [0.4, 0.5) is 17.6 Å². The van der Waals surface area contributed by atoms with E-state index in [-0.39, 0.29) is 40.3 Å². The summed E-state index contributed by atoms with van der Waals surface area (Å²) in [6.07, 6.45) is -4.69. The zero-order valence-electron chi connectivity index (χ0n) is 15.1. The average Bonchev–Trinajstić information content (AvgIpc) is 2.67. The number of benzene rings is 2. The Morgan fingerprint density at radius 1 is 1.17 bits per heavy atom. The highest BCUT2D eigenvalue weighted by molar-refractivity contribution is 7.99. The molecule has 1 heterocycles. The normalized spacial score (nSPS) is 11.6. The highest BCUT2D eigenvalue weighted by Crippen LogP contribution is 2.46. The summed E-state index contributed by atoms with van der Waals surface area (Å²) in [6, 6.07) is 5.05. The van der Waals surface area contributed by atoms with Crippen molar-refractivity contribution in [2.24, 2.45) is 0 Å². The molecule has 2 aromatic carbocycles. The van der Waals surface area contributed by atoms with Crippen LogP contribution in [0.1, 0.15) is 17.5 Å². The summed E-state index contributed by atoms with van der Waals surface area (Å²) in [7, 11) is 0. The number of fused-ring (bicyclic) bond motifs is 1. The first-order valence-electron chi connectivity index (χ1n) is 8.51. The van der Waals surface area contributed by atoms with Crippen molar-refractivity contribution in [2.45, 2.75) is 17.5 Å². The lowest BCUT2D eigenvalue weighted by Crippen LogP contribution is -2.23. The van der Waals surface area contributed by atoms with Crippen molar-refractivity contribution in [3.63, 3.8) is 0 Å². The molecule has 0 fully saturated rings. The third-order valence-electron chi connectivity index (χ3n) is 4.22. The predicted octanol–water partition coefficient (Wildman–Crippen LogP) is 3.39. The van der Waals surface area contributed by atoms with Crippen LogP contribution in [0.25, 0.3) is 22.0 Å². The summed E-state index contributed by atoms with van der Waals surface area (Å²) < 4.78 is 55.5. The van der Waals surface area contributed by atoms with Crippen LogP contribution in [0, 0.1) is 17.1 Å². The number of aliphatic hydroxyl groups is 1. The van der Waals surface area contributed by atoms with Gasteiger partial charge in [-0.2, -0.15) is 18.4 Å². The molecule has 1 aromatic heterocycles. The molecule has 0 aliphatic carbocycles. The Morgan fingerprint density at radius 2 is 1.90 bits per heavy atom. The van der Waals surface area contributed by atoms with E-state index in [0.717, 1.165) is 30.0 Å². The molecule has 0 aliphatic heterocycles. The number of hydrogen-bond donors (Lipinski definition) is 3. The summed E-state index contributed by atoms with van der Waals surface area (Å²) in [4.78, 5) is 28.1. The lowest BCUT2D eigenvalue weighted by atomic mass is 9.93. The standard InChI is InChI=1S/C19H13F4N3O3S/c20-10-2-3-11(9(6-10)8-24)14-13(19(21,22)23)7-12-15(16(14)30-5-1-4-27)25-18(29)26-17(12)28/h2-3,6-7,27H,1,4-5H2,(H2,25,26,28,29). The number of rotatable bonds is 5. The van der Waals surface area contributed by atoms with Gasteiger partial charge in [0.25, 0.3) is 5.56 Å². The summed E-state index contributed by atoms with van der Waals surface area (Å²) >= 11 is 0.881. The fourth-order valence-corrected chi connectivity index (χ4v) is 4.12. The molecule has 3 rings (SSSR count). The van der Waals surface area contributed by atoms with Gasteiger partial charge in [-0.25, -0.2) is 9.18 Å². The molecule has 0 bridgehead atoms. The van der Waals surface area contributed by atoms with E-state index < -0.39 is 39.8 Å². The van der Waals surface area contributed by atoms with E-state index in [4.69, 9.17) is 5.11 Å². The van der Waals surface area contributed by atoms with E-state index in [2.05, 4.69) is 4.98 Å². The number of nitriles is 1. The Hall–Kier alpha value is -3.10.